The summed E-state index contributed by atoms with van der Waals surface area (Å²) in [5.41, 5.74) is 0.625. The van der Waals surface area contributed by atoms with Gasteiger partial charge in [-0.25, -0.2) is 4.98 Å². The minimum Gasteiger partial charge on any atom is -0.481 e. The maximum absolute atomic E-state index is 10.6. The molecule has 0 bridgehead atoms. The van der Waals surface area contributed by atoms with E-state index in [9.17, 15) is 4.79 Å². The second kappa shape index (κ2) is 5.51. The number of ether oxygens (including phenoxy) is 1. The van der Waals surface area contributed by atoms with E-state index < -0.39 is 5.97 Å². The van der Waals surface area contributed by atoms with Gasteiger partial charge in [0.05, 0.1) is 11.4 Å². The summed E-state index contributed by atoms with van der Waals surface area (Å²) >= 11 is 5.95. The summed E-state index contributed by atoms with van der Waals surface area (Å²) in [4.78, 5) is 14.6. The van der Waals surface area contributed by atoms with Crippen LogP contribution < -0.4 is 4.74 Å². The highest BCUT2D eigenvalue weighted by Crippen LogP contribution is 2.27. The van der Waals surface area contributed by atoms with E-state index in [-0.39, 0.29) is 6.42 Å². The highest BCUT2D eigenvalue weighted by Gasteiger charge is 2.06. The third-order valence-corrected chi connectivity index (χ3v) is 2.52. The average molecular weight is 264 g/mol. The first-order valence-corrected chi connectivity index (χ1v) is 5.62. The van der Waals surface area contributed by atoms with Gasteiger partial charge in [0.15, 0.2) is 0 Å². The summed E-state index contributed by atoms with van der Waals surface area (Å²) in [6, 6.07) is 10.2. The van der Waals surface area contributed by atoms with Crippen LogP contribution in [0.25, 0.3) is 0 Å². The van der Waals surface area contributed by atoms with Crippen molar-refractivity contribution in [3.8, 4) is 11.6 Å². The van der Waals surface area contributed by atoms with Gasteiger partial charge in [-0.05, 0) is 23.8 Å². The molecule has 0 unspecified atom stereocenters. The van der Waals surface area contributed by atoms with Gasteiger partial charge < -0.3 is 9.84 Å². The third kappa shape index (κ3) is 3.21. The van der Waals surface area contributed by atoms with Crippen LogP contribution in [0.3, 0.4) is 0 Å². The Hall–Kier alpha value is -2.07. The lowest BCUT2D eigenvalue weighted by Crippen LogP contribution is -2.00. The van der Waals surface area contributed by atoms with Crippen LogP contribution in [0.4, 0.5) is 0 Å². The molecule has 0 saturated carbocycles. The quantitative estimate of drug-likeness (QED) is 0.920. The van der Waals surface area contributed by atoms with Crippen LogP contribution >= 0.6 is 11.6 Å². The van der Waals surface area contributed by atoms with Crippen LogP contribution in [0.15, 0.2) is 42.6 Å². The molecule has 0 aliphatic heterocycles. The molecule has 0 aliphatic rings. The Kier molecular flexibility index (Phi) is 3.79. The van der Waals surface area contributed by atoms with E-state index in [1.165, 1.54) is 6.20 Å². The zero-order valence-corrected chi connectivity index (χ0v) is 10.1. The molecule has 1 heterocycles. The van der Waals surface area contributed by atoms with Gasteiger partial charge in [0.1, 0.15) is 5.75 Å². The van der Waals surface area contributed by atoms with Crippen molar-refractivity contribution in [2.45, 2.75) is 6.42 Å². The van der Waals surface area contributed by atoms with Gasteiger partial charge in [-0.2, -0.15) is 0 Å². The lowest BCUT2D eigenvalue weighted by atomic mass is 10.2. The number of hydrogen-bond acceptors (Lipinski definition) is 3. The lowest BCUT2D eigenvalue weighted by molar-refractivity contribution is -0.136. The number of aromatic nitrogens is 1. The molecule has 2 aromatic rings. The first-order valence-electron chi connectivity index (χ1n) is 5.24. The van der Waals surface area contributed by atoms with Crippen molar-refractivity contribution in [2.24, 2.45) is 0 Å². The lowest BCUT2D eigenvalue weighted by Gasteiger charge is -2.07. The number of benzene rings is 1. The molecular formula is C13H10ClNO3. The van der Waals surface area contributed by atoms with Crippen molar-refractivity contribution in [1.29, 1.82) is 0 Å². The summed E-state index contributed by atoms with van der Waals surface area (Å²) < 4.78 is 5.50. The molecule has 0 aliphatic carbocycles. The van der Waals surface area contributed by atoms with Crippen molar-refractivity contribution < 1.29 is 14.6 Å². The number of hydrogen-bond donors (Lipinski definition) is 1. The molecule has 0 spiro atoms. The van der Waals surface area contributed by atoms with E-state index in [2.05, 4.69) is 4.98 Å². The molecule has 0 radical (unpaired) electrons. The Morgan fingerprint density at radius 1 is 1.33 bits per heavy atom. The number of rotatable bonds is 4. The van der Waals surface area contributed by atoms with Gasteiger partial charge in [0.25, 0.3) is 0 Å². The zero-order chi connectivity index (χ0) is 13.0. The second-order valence-corrected chi connectivity index (χ2v) is 4.01. The Labute approximate surface area is 109 Å². The first-order chi connectivity index (χ1) is 8.65. The summed E-state index contributed by atoms with van der Waals surface area (Å²) in [6.07, 6.45) is 1.44. The number of nitrogens with zero attached hydrogens (tertiary/aromatic N) is 1. The SMILES string of the molecule is O=C(O)Cc1ccnc(Oc2ccccc2Cl)c1. The fourth-order valence-electron chi connectivity index (χ4n) is 1.43. The van der Waals surface area contributed by atoms with Gasteiger partial charge in [-0.1, -0.05) is 23.7 Å². The van der Waals surface area contributed by atoms with Crippen LogP contribution in [0.1, 0.15) is 5.56 Å². The van der Waals surface area contributed by atoms with E-state index in [1.54, 1.807) is 36.4 Å². The first kappa shape index (κ1) is 12.4. The van der Waals surface area contributed by atoms with E-state index in [0.717, 1.165) is 0 Å². The zero-order valence-electron chi connectivity index (χ0n) is 9.34. The van der Waals surface area contributed by atoms with Crippen molar-refractivity contribution >= 4 is 17.6 Å². The van der Waals surface area contributed by atoms with Gasteiger partial charge in [-0.3, -0.25) is 4.79 Å². The van der Waals surface area contributed by atoms with Gasteiger partial charge in [-0.15, -0.1) is 0 Å². The van der Waals surface area contributed by atoms with Crippen molar-refractivity contribution in [2.75, 3.05) is 0 Å². The van der Waals surface area contributed by atoms with Gasteiger partial charge in [0, 0.05) is 12.3 Å². The molecule has 5 heteroatoms. The molecule has 1 aromatic heterocycles. The molecule has 1 N–H and O–H groups in total. The fourth-order valence-corrected chi connectivity index (χ4v) is 1.61. The number of halogens is 1. The van der Waals surface area contributed by atoms with Crippen LogP contribution in [0, 0.1) is 0 Å². The predicted molar refractivity (Wildman–Crippen MR) is 67.1 cm³/mol. The van der Waals surface area contributed by atoms with Crippen molar-refractivity contribution in [3.05, 3.63) is 53.2 Å². The molecule has 0 fully saturated rings. The highest BCUT2D eigenvalue weighted by molar-refractivity contribution is 6.32. The standard InChI is InChI=1S/C13H10ClNO3/c14-10-3-1-2-4-11(10)18-12-7-9(5-6-15-12)8-13(16)17/h1-7H,8H2,(H,16,17). The summed E-state index contributed by atoms with van der Waals surface area (Å²) in [5, 5.41) is 9.18. The van der Waals surface area contributed by atoms with E-state index in [4.69, 9.17) is 21.4 Å². The monoisotopic (exact) mass is 263 g/mol. The summed E-state index contributed by atoms with van der Waals surface area (Å²) in [5.74, 6) is -0.0918. The Balaban J connectivity index is 2.19. The molecule has 0 amide bonds. The van der Waals surface area contributed by atoms with Crippen molar-refractivity contribution in [3.63, 3.8) is 0 Å². The molecule has 1 aromatic carbocycles. The number of carboxylic acids is 1. The number of carbonyl (C=O) groups is 1. The van der Waals surface area contributed by atoms with Crippen LogP contribution in [-0.2, 0) is 11.2 Å². The van der Waals surface area contributed by atoms with E-state index in [0.29, 0.717) is 22.2 Å². The molecule has 0 saturated heterocycles. The molecule has 0 atom stereocenters. The second-order valence-electron chi connectivity index (χ2n) is 3.61. The van der Waals surface area contributed by atoms with E-state index >= 15 is 0 Å². The normalized spacial score (nSPS) is 10.1. The molecule has 4 nitrogen and oxygen atoms in total. The highest BCUT2D eigenvalue weighted by atomic mass is 35.5. The maximum atomic E-state index is 10.6. The molecule has 92 valence electrons. The molecule has 18 heavy (non-hydrogen) atoms. The Bertz CT molecular complexity index is 572. The fraction of sp³-hybridized carbons (Fsp3) is 0.0769. The molecular weight excluding hydrogens is 254 g/mol. The third-order valence-electron chi connectivity index (χ3n) is 2.21. The minimum absolute atomic E-state index is 0.0681. The van der Waals surface area contributed by atoms with Gasteiger partial charge >= 0.3 is 5.97 Å². The Morgan fingerprint density at radius 3 is 2.83 bits per heavy atom. The predicted octanol–water partition coefficient (Wildman–Crippen LogP) is 3.15. The summed E-state index contributed by atoms with van der Waals surface area (Å²) in [7, 11) is 0. The van der Waals surface area contributed by atoms with Gasteiger partial charge in [0.2, 0.25) is 5.88 Å². The van der Waals surface area contributed by atoms with Crippen molar-refractivity contribution in [1.82, 2.24) is 4.98 Å². The van der Waals surface area contributed by atoms with Crippen LogP contribution in [-0.4, -0.2) is 16.1 Å². The minimum atomic E-state index is -0.898. The number of para-hydroxylation sites is 1. The topological polar surface area (TPSA) is 59.4 Å². The largest absolute Gasteiger partial charge is 0.481 e. The smallest absolute Gasteiger partial charge is 0.307 e. The van der Waals surface area contributed by atoms with E-state index in [1.807, 2.05) is 0 Å². The number of aliphatic carboxylic acids is 1. The van der Waals surface area contributed by atoms with Crippen LogP contribution in [0.2, 0.25) is 5.02 Å². The van der Waals surface area contributed by atoms with Crippen LogP contribution in [0.5, 0.6) is 11.6 Å². The summed E-state index contributed by atoms with van der Waals surface area (Å²) in [6.45, 7) is 0. The average Bonchev–Trinajstić information content (AvgIpc) is 2.32. The Morgan fingerprint density at radius 2 is 2.11 bits per heavy atom. The molecule has 2 rings (SSSR count). The number of pyridine rings is 1. The maximum Gasteiger partial charge on any atom is 0.307 e. The number of carboxylic acid groups (broad SMARTS) is 1.